The maximum Gasteiger partial charge on any atom is 0.269 e. The minimum atomic E-state index is -0.153. The highest BCUT2D eigenvalue weighted by atomic mass is 16.4. The molecule has 0 aromatic carbocycles. The zero-order valence-electron chi connectivity index (χ0n) is 10.7. The summed E-state index contributed by atoms with van der Waals surface area (Å²) in [4.78, 5) is 14.2. The molecule has 0 atom stereocenters. The molecule has 3 heterocycles. The van der Waals surface area contributed by atoms with Crippen LogP contribution in [0.3, 0.4) is 0 Å². The molecule has 0 spiro atoms. The van der Waals surface area contributed by atoms with Crippen molar-refractivity contribution in [2.45, 2.75) is 26.3 Å². The van der Waals surface area contributed by atoms with Gasteiger partial charge in [0.2, 0.25) is 11.8 Å². The topological polar surface area (TPSA) is 77.1 Å². The minimum Gasteiger partial charge on any atom is -0.424 e. The molecule has 0 bridgehead atoms. The van der Waals surface area contributed by atoms with E-state index in [9.17, 15) is 4.79 Å². The standard InChI is InChI=1S/C12H15N5O2/c1-9-14-15-11(19-9)8-17-12(18)6-10(7-13-17)16-4-2-3-5-16/h6-7H,2-5,8H2,1H3. The molecule has 0 amide bonds. The van der Waals surface area contributed by atoms with Gasteiger partial charge in [0.1, 0.15) is 6.54 Å². The largest absolute Gasteiger partial charge is 0.424 e. The van der Waals surface area contributed by atoms with Crippen molar-refractivity contribution in [3.05, 3.63) is 34.4 Å². The van der Waals surface area contributed by atoms with Crippen molar-refractivity contribution < 1.29 is 4.42 Å². The third-order valence-corrected chi connectivity index (χ3v) is 3.18. The van der Waals surface area contributed by atoms with E-state index in [1.807, 2.05) is 0 Å². The third kappa shape index (κ3) is 2.49. The number of aryl methyl sites for hydroxylation is 1. The number of hydrogen-bond acceptors (Lipinski definition) is 6. The highest BCUT2D eigenvalue weighted by Crippen LogP contribution is 2.16. The first-order valence-corrected chi connectivity index (χ1v) is 6.33. The molecule has 100 valence electrons. The lowest BCUT2D eigenvalue weighted by Crippen LogP contribution is -2.26. The van der Waals surface area contributed by atoms with Gasteiger partial charge < -0.3 is 9.32 Å². The van der Waals surface area contributed by atoms with Crippen molar-refractivity contribution >= 4 is 5.69 Å². The lowest BCUT2D eigenvalue weighted by Gasteiger charge is -2.16. The molecule has 7 heteroatoms. The van der Waals surface area contributed by atoms with Gasteiger partial charge in [0.05, 0.1) is 11.9 Å². The van der Waals surface area contributed by atoms with Gasteiger partial charge in [0.25, 0.3) is 5.56 Å². The first-order chi connectivity index (χ1) is 9.22. The van der Waals surface area contributed by atoms with Crippen LogP contribution >= 0.6 is 0 Å². The molecule has 1 saturated heterocycles. The number of rotatable bonds is 3. The fourth-order valence-electron chi connectivity index (χ4n) is 2.22. The quantitative estimate of drug-likeness (QED) is 0.804. The van der Waals surface area contributed by atoms with Crippen LogP contribution in [0.5, 0.6) is 0 Å². The van der Waals surface area contributed by atoms with Crippen LogP contribution in [0.1, 0.15) is 24.6 Å². The van der Waals surface area contributed by atoms with E-state index in [2.05, 4.69) is 20.2 Å². The second-order valence-corrected chi connectivity index (χ2v) is 4.62. The normalized spacial score (nSPS) is 15.1. The van der Waals surface area contributed by atoms with Crippen LogP contribution in [-0.2, 0) is 6.54 Å². The molecule has 0 unspecified atom stereocenters. The van der Waals surface area contributed by atoms with Gasteiger partial charge in [0.15, 0.2) is 0 Å². The summed E-state index contributed by atoms with van der Waals surface area (Å²) in [6.45, 7) is 3.91. The average molecular weight is 261 g/mol. The predicted octanol–water partition coefficient (Wildman–Crippen LogP) is 0.583. The van der Waals surface area contributed by atoms with Crippen molar-refractivity contribution in [2.24, 2.45) is 0 Å². The van der Waals surface area contributed by atoms with Gasteiger partial charge >= 0.3 is 0 Å². The first kappa shape index (κ1) is 11.9. The Morgan fingerprint density at radius 3 is 2.74 bits per heavy atom. The summed E-state index contributed by atoms with van der Waals surface area (Å²) in [7, 11) is 0. The van der Waals surface area contributed by atoms with Crippen molar-refractivity contribution in [3.8, 4) is 0 Å². The van der Waals surface area contributed by atoms with Crippen molar-refractivity contribution in [1.82, 2.24) is 20.0 Å². The minimum absolute atomic E-state index is 0.153. The molecule has 2 aromatic rings. The molecule has 0 radical (unpaired) electrons. The second-order valence-electron chi connectivity index (χ2n) is 4.62. The van der Waals surface area contributed by atoms with E-state index >= 15 is 0 Å². The summed E-state index contributed by atoms with van der Waals surface area (Å²) in [6.07, 6.45) is 4.06. The molecule has 2 aromatic heterocycles. The highest BCUT2D eigenvalue weighted by Gasteiger charge is 2.14. The Morgan fingerprint density at radius 2 is 2.11 bits per heavy atom. The highest BCUT2D eigenvalue weighted by molar-refractivity contribution is 5.43. The fraction of sp³-hybridized carbons (Fsp3) is 0.500. The molecular weight excluding hydrogens is 246 g/mol. The van der Waals surface area contributed by atoms with Crippen LogP contribution in [0.15, 0.2) is 21.5 Å². The summed E-state index contributed by atoms with van der Waals surface area (Å²) < 4.78 is 6.57. The molecule has 0 N–H and O–H groups in total. The lowest BCUT2D eigenvalue weighted by molar-refractivity contribution is 0.438. The van der Waals surface area contributed by atoms with Crippen LogP contribution < -0.4 is 10.5 Å². The van der Waals surface area contributed by atoms with Gasteiger partial charge in [-0.2, -0.15) is 5.10 Å². The van der Waals surface area contributed by atoms with Gasteiger partial charge in [-0.25, -0.2) is 4.68 Å². The third-order valence-electron chi connectivity index (χ3n) is 3.18. The summed E-state index contributed by atoms with van der Waals surface area (Å²) in [5.41, 5.74) is 0.737. The molecule has 1 aliphatic heterocycles. The van der Waals surface area contributed by atoms with E-state index < -0.39 is 0 Å². The fourth-order valence-corrected chi connectivity index (χ4v) is 2.22. The number of aromatic nitrogens is 4. The van der Waals surface area contributed by atoms with E-state index in [1.54, 1.807) is 19.2 Å². The van der Waals surface area contributed by atoms with Crippen LogP contribution in [0.4, 0.5) is 5.69 Å². The molecule has 0 saturated carbocycles. The SMILES string of the molecule is Cc1nnc(Cn2ncc(N3CCCC3)cc2=O)o1. The van der Waals surface area contributed by atoms with Gasteiger partial charge in [0, 0.05) is 26.1 Å². The van der Waals surface area contributed by atoms with E-state index in [-0.39, 0.29) is 12.1 Å². The van der Waals surface area contributed by atoms with Crippen LogP contribution in [0.25, 0.3) is 0 Å². The second kappa shape index (κ2) is 4.83. The smallest absolute Gasteiger partial charge is 0.269 e. The van der Waals surface area contributed by atoms with E-state index in [0.717, 1.165) is 18.8 Å². The predicted molar refractivity (Wildman–Crippen MR) is 68.1 cm³/mol. The Balaban J connectivity index is 1.81. The van der Waals surface area contributed by atoms with E-state index in [1.165, 1.54) is 17.5 Å². The molecule has 1 fully saturated rings. The van der Waals surface area contributed by atoms with Gasteiger partial charge in [-0.05, 0) is 12.8 Å². The summed E-state index contributed by atoms with van der Waals surface area (Å²) in [5, 5.41) is 11.7. The van der Waals surface area contributed by atoms with Crippen LogP contribution in [0.2, 0.25) is 0 Å². The van der Waals surface area contributed by atoms with Gasteiger partial charge in [-0.1, -0.05) is 0 Å². The molecular formula is C12H15N5O2. The van der Waals surface area contributed by atoms with Crippen molar-refractivity contribution in [2.75, 3.05) is 18.0 Å². The lowest BCUT2D eigenvalue weighted by atomic mass is 10.4. The summed E-state index contributed by atoms with van der Waals surface area (Å²) in [5.74, 6) is 0.873. The Morgan fingerprint density at radius 1 is 1.32 bits per heavy atom. The number of anilines is 1. The monoisotopic (exact) mass is 261 g/mol. The van der Waals surface area contributed by atoms with E-state index in [0.29, 0.717) is 11.8 Å². The Hall–Kier alpha value is -2.18. The molecule has 1 aliphatic rings. The summed E-state index contributed by atoms with van der Waals surface area (Å²) >= 11 is 0. The van der Waals surface area contributed by atoms with Crippen molar-refractivity contribution in [1.29, 1.82) is 0 Å². The van der Waals surface area contributed by atoms with Crippen LogP contribution in [0, 0.1) is 6.92 Å². The zero-order valence-corrected chi connectivity index (χ0v) is 10.7. The maximum absolute atomic E-state index is 12.0. The van der Waals surface area contributed by atoms with Crippen LogP contribution in [-0.4, -0.2) is 33.1 Å². The van der Waals surface area contributed by atoms with Gasteiger partial charge in [-0.3, -0.25) is 4.79 Å². The molecule has 19 heavy (non-hydrogen) atoms. The average Bonchev–Trinajstić information content (AvgIpc) is 3.03. The molecule has 0 aliphatic carbocycles. The van der Waals surface area contributed by atoms with Gasteiger partial charge in [-0.15, -0.1) is 10.2 Å². The Kier molecular flexibility index (Phi) is 3.02. The molecule has 7 nitrogen and oxygen atoms in total. The maximum atomic E-state index is 12.0. The first-order valence-electron chi connectivity index (χ1n) is 6.33. The number of hydrogen-bond donors (Lipinski definition) is 0. The van der Waals surface area contributed by atoms with Crippen molar-refractivity contribution in [3.63, 3.8) is 0 Å². The number of nitrogens with zero attached hydrogens (tertiary/aromatic N) is 5. The zero-order chi connectivity index (χ0) is 13.2. The molecule has 3 rings (SSSR count). The Bertz CT molecular complexity index is 627. The Labute approximate surface area is 109 Å². The van der Waals surface area contributed by atoms with E-state index in [4.69, 9.17) is 4.42 Å². The summed E-state index contributed by atoms with van der Waals surface area (Å²) in [6, 6.07) is 1.61.